The van der Waals surface area contributed by atoms with Gasteiger partial charge in [-0.2, -0.15) is 0 Å². The minimum absolute atomic E-state index is 0.328. The lowest BCUT2D eigenvalue weighted by Gasteiger charge is -2.23. The van der Waals surface area contributed by atoms with Gasteiger partial charge >= 0.3 is 0 Å². The number of rotatable bonds is 7. The molecule has 1 heterocycles. The van der Waals surface area contributed by atoms with Gasteiger partial charge in [0.2, 0.25) is 6.10 Å². The second-order valence-electron chi connectivity index (χ2n) is 4.79. The van der Waals surface area contributed by atoms with Crippen LogP contribution in [0.2, 0.25) is 0 Å². The average molecular weight is 333 g/mol. The van der Waals surface area contributed by atoms with E-state index in [2.05, 4.69) is 10.3 Å². The van der Waals surface area contributed by atoms with Crippen molar-refractivity contribution in [3.05, 3.63) is 46.9 Å². The van der Waals surface area contributed by atoms with Crippen LogP contribution in [-0.4, -0.2) is 41.1 Å². The predicted molar refractivity (Wildman–Crippen MR) is 89.3 cm³/mol. The second-order valence-corrected chi connectivity index (χ2v) is 5.77. The molecule has 122 valence electrons. The van der Waals surface area contributed by atoms with Crippen molar-refractivity contribution < 1.29 is 14.7 Å². The van der Waals surface area contributed by atoms with E-state index in [4.69, 9.17) is 0 Å². The zero-order chi connectivity index (χ0) is 16.7. The molecule has 2 rings (SSSR count). The van der Waals surface area contributed by atoms with Gasteiger partial charge in [-0.25, -0.2) is 4.98 Å². The van der Waals surface area contributed by atoms with E-state index in [-0.39, 0.29) is 0 Å². The topological polar surface area (TPSA) is 82.5 Å². The van der Waals surface area contributed by atoms with Crippen LogP contribution in [0.3, 0.4) is 0 Å². The van der Waals surface area contributed by atoms with Crippen molar-refractivity contribution in [1.29, 1.82) is 0 Å². The summed E-state index contributed by atoms with van der Waals surface area (Å²) in [5.74, 6) is -1.33. The first-order valence-electron chi connectivity index (χ1n) is 7.34. The molecule has 0 saturated carbocycles. The molecule has 0 spiro atoms. The fourth-order valence-electron chi connectivity index (χ4n) is 2.10. The SMILES string of the molecule is CCN(C(=O)[C@@H](O)C(=O)NCCc1nccs1)c1ccccc1. The molecule has 0 bridgehead atoms. The fraction of sp³-hybridized carbons (Fsp3) is 0.312. The van der Waals surface area contributed by atoms with E-state index in [1.54, 1.807) is 37.4 Å². The van der Waals surface area contributed by atoms with Crippen molar-refractivity contribution in [2.75, 3.05) is 18.0 Å². The highest BCUT2D eigenvalue weighted by Crippen LogP contribution is 2.14. The summed E-state index contributed by atoms with van der Waals surface area (Å²) in [6, 6.07) is 8.95. The molecule has 23 heavy (non-hydrogen) atoms. The number of thiazole rings is 1. The van der Waals surface area contributed by atoms with Gasteiger partial charge in [0.1, 0.15) is 0 Å². The Morgan fingerprint density at radius 2 is 2.09 bits per heavy atom. The largest absolute Gasteiger partial charge is 0.375 e. The van der Waals surface area contributed by atoms with E-state index in [0.29, 0.717) is 25.2 Å². The summed E-state index contributed by atoms with van der Waals surface area (Å²) >= 11 is 1.50. The monoisotopic (exact) mass is 333 g/mol. The van der Waals surface area contributed by atoms with Crippen LogP contribution in [-0.2, 0) is 16.0 Å². The molecule has 0 fully saturated rings. The van der Waals surface area contributed by atoms with E-state index in [1.807, 2.05) is 11.4 Å². The number of aliphatic hydroxyl groups is 1. The van der Waals surface area contributed by atoms with Crippen molar-refractivity contribution in [1.82, 2.24) is 10.3 Å². The van der Waals surface area contributed by atoms with Crippen LogP contribution < -0.4 is 10.2 Å². The molecule has 0 aliphatic rings. The Bertz CT molecular complexity index is 631. The Morgan fingerprint density at radius 3 is 2.70 bits per heavy atom. The first kappa shape index (κ1) is 17.1. The van der Waals surface area contributed by atoms with E-state index < -0.39 is 17.9 Å². The number of anilines is 1. The molecule has 0 radical (unpaired) electrons. The quantitative estimate of drug-likeness (QED) is 0.746. The van der Waals surface area contributed by atoms with E-state index in [0.717, 1.165) is 5.01 Å². The molecule has 2 aromatic rings. The smallest absolute Gasteiger partial charge is 0.265 e. The summed E-state index contributed by atoms with van der Waals surface area (Å²) in [6.07, 6.45) is 0.547. The number of hydrogen-bond donors (Lipinski definition) is 2. The summed E-state index contributed by atoms with van der Waals surface area (Å²) in [5.41, 5.74) is 0.648. The maximum absolute atomic E-state index is 12.3. The van der Waals surface area contributed by atoms with Crippen molar-refractivity contribution >= 4 is 28.8 Å². The molecule has 0 aliphatic heterocycles. The third-order valence-corrected chi connectivity index (χ3v) is 4.09. The van der Waals surface area contributed by atoms with Crippen LogP contribution in [0, 0.1) is 0 Å². The van der Waals surface area contributed by atoms with E-state index in [1.165, 1.54) is 16.2 Å². The minimum Gasteiger partial charge on any atom is -0.375 e. The zero-order valence-electron chi connectivity index (χ0n) is 12.8. The number of likely N-dealkylation sites (N-methyl/N-ethyl adjacent to an activating group) is 1. The van der Waals surface area contributed by atoms with Crippen LogP contribution in [0.5, 0.6) is 0 Å². The molecule has 1 aromatic carbocycles. The number of nitrogens with zero attached hydrogens (tertiary/aromatic N) is 2. The average Bonchev–Trinajstić information content (AvgIpc) is 3.09. The predicted octanol–water partition coefficient (Wildman–Crippen LogP) is 1.22. The van der Waals surface area contributed by atoms with Crippen molar-refractivity contribution in [3.8, 4) is 0 Å². The maximum atomic E-state index is 12.3. The van der Waals surface area contributed by atoms with Crippen molar-refractivity contribution in [3.63, 3.8) is 0 Å². The van der Waals surface area contributed by atoms with Crippen LogP contribution in [0.25, 0.3) is 0 Å². The van der Waals surface area contributed by atoms with Gasteiger partial charge in [0.25, 0.3) is 11.8 Å². The normalized spacial score (nSPS) is 11.7. The molecule has 1 atom stereocenters. The molecular weight excluding hydrogens is 314 g/mol. The highest BCUT2D eigenvalue weighted by Gasteiger charge is 2.28. The lowest BCUT2D eigenvalue weighted by Crippen LogP contribution is -2.48. The number of para-hydroxylation sites is 1. The van der Waals surface area contributed by atoms with Gasteiger partial charge in [0.05, 0.1) is 5.01 Å². The molecular formula is C16H19N3O3S. The Labute approximate surface area is 138 Å². The van der Waals surface area contributed by atoms with Crippen molar-refractivity contribution in [2.45, 2.75) is 19.4 Å². The van der Waals surface area contributed by atoms with Gasteiger partial charge in [-0.3, -0.25) is 9.59 Å². The van der Waals surface area contributed by atoms with Crippen LogP contribution in [0.15, 0.2) is 41.9 Å². The Morgan fingerprint density at radius 1 is 1.35 bits per heavy atom. The molecule has 0 aliphatic carbocycles. The van der Waals surface area contributed by atoms with Crippen molar-refractivity contribution in [2.24, 2.45) is 0 Å². The number of benzene rings is 1. The van der Waals surface area contributed by atoms with Gasteiger partial charge in [-0.15, -0.1) is 11.3 Å². The molecule has 1 aromatic heterocycles. The fourth-order valence-corrected chi connectivity index (χ4v) is 2.72. The number of hydrogen-bond acceptors (Lipinski definition) is 5. The Hall–Kier alpha value is -2.25. The highest BCUT2D eigenvalue weighted by molar-refractivity contribution is 7.09. The number of aromatic nitrogens is 1. The summed E-state index contributed by atoms with van der Waals surface area (Å²) < 4.78 is 0. The van der Waals surface area contributed by atoms with Gasteiger partial charge in [-0.1, -0.05) is 18.2 Å². The second kappa shape index (κ2) is 8.40. The van der Waals surface area contributed by atoms with Crippen LogP contribution >= 0.6 is 11.3 Å². The highest BCUT2D eigenvalue weighted by atomic mass is 32.1. The van der Waals surface area contributed by atoms with E-state index >= 15 is 0 Å². The lowest BCUT2D eigenvalue weighted by molar-refractivity contribution is -0.139. The van der Waals surface area contributed by atoms with Gasteiger partial charge in [0, 0.05) is 36.8 Å². The molecule has 0 unspecified atom stereocenters. The van der Waals surface area contributed by atoms with Gasteiger partial charge in [-0.05, 0) is 19.1 Å². The van der Waals surface area contributed by atoms with Crippen LogP contribution in [0.4, 0.5) is 5.69 Å². The third-order valence-electron chi connectivity index (χ3n) is 3.25. The maximum Gasteiger partial charge on any atom is 0.265 e. The molecule has 7 heteroatoms. The number of nitrogens with one attached hydrogen (secondary N) is 1. The summed E-state index contributed by atoms with van der Waals surface area (Å²) in [7, 11) is 0. The molecule has 6 nitrogen and oxygen atoms in total. The first-order chi connectivity index (χ1) is 11.1. The van der Waals surface area contributed by atoms with Gasteiger partial charge < -0.3 is 15.3 Å². The van der Waals surface area contributed by atoms with E-state index in [9.17, 15) is 14.7 Å². The third kappa shape index (κ3) is 4.61. The molecule has 2 amide bonds. The Balaban J connectivity index is 1.90. The summed E-state index contributed by atoms with van der Waals surface area (Å²) in [4.78, 5) is 29.7. The van der Waals surface area contributed by atoms with Crippen LogP contribution in [0.1, 0.15) is 11.9 Å². The van der Waals surface area contributed by atoms with Gasteiger partial charge in [0.15, 0.2) is 0 Å². The molecule has 2 N–H and O–H groups in total. The summed E-state index contributed by atoms with van der Waals surface area (Å²) in [5, 5.41) is 15.3. The Kier molecular flexibility index (Phi) is 6.25. The summed E-state index contributed by atoms with van der Waals surface area (Å²) in [6.45, 7) is 2.48. The number of amides is 2. The standard InChI is InChI=1S/C16H19N3O3S/c1-2-19(12-6-4-3-5-7-12)16(22)14(20)15(21)18-9-8-13-17-10-11-23-13/h3-7,10-11,14,20H,2,8-9H2,1H3,(H,18,21)/t14-/m0/s1. The first-order valence-corrected chi connectivity index (χ1v) is 8.22. The molecule has 0 saturated heterocycles. The minimum atomic E-state index is -1.72. The number of carbonyl (C=O) groups is 2. The number of carbonyl (C=O) groups excluding carboxylic acids is 2. The zero-order valence-corrected chi connectivity index (χ0v) is 13.6. The number of aliphatic hydroxyl groups excluding tert-OH is 1. The lowest BCUT2D eigenvalue weighted by atomic mass is 10.2.